The third-order valence-corrected chi connectivity index (χ3v) is 1.99. The maximum Gasteiger partial charge on any atom is 0.176 e. The normalized spacial score (nSPS) is 20.8. The molecule has 0 amide bonds. The Morgan fingerprint density at radius 2 is 2.46 bits per heavy atom. The second kappa shape index (κ2) is 2.83. The van der Waals surface area contributed by atoms with E-state index >= 15 is 0 Å². The first-order chi connectivity index (χ1) is 6.22. The molecule has 0 aromatic carbocycles. The molecule has 5 heteroatoms. The van der Waals surface area contributed by atoms with Crippen LogP contribution in [-0.2, 0) is 6.42 Å². The van der Waals surface area contributed by atoms with Gasteiger partial charge in [0.15, 0.2) is 12.0 Å². The van der Waals surface area contributed by atoms with Gasteiger partial charge in [-0.15, -0.1) is 0 Å². The standard InChI is InChI=1S/C8H8F2N2O/c1-11-8-4-2-5(9)6(10)3-7(4)13-12-8/h2,6H,3H2,1H3,(H,11,12). The molecule has 2 rings (SSSR count). The van der Waals surface area contributed by atoms with Gasteiger partial charge < -0.3 is 9.84 Å². The predicted octanol–water partition coefficient (Wildman–Crippen LogP) is 1.92. The largest absolute Gasteiger partial charge is 0.370 e. The lowest BCUT2D eigenvalue weighted by Gasteiger charge is -2.09. The maximum absolute atomic E-state index is 12.8. The molecule has 0 saturated carbocycles. The van der Waals surface area contributed by atoms with Gasteiger partial charge in [-0.2, -0.15) is 0 Å². The number of alkyl halides is 1. The highest BCUT2D eigenvalue weighted by Gasteiger charge is 2.26. The van der Waals surface area contributed by atoms with Crippen LogP contribution < -0.4 is 5.32 Å². The minimum atomic E-state index is -1.59. The Hall–Kier alpha value is -1.39. The number of halogens is 2. The van der Waals surface area contributed by atoms with Crippen molar-refractivity contribution >= 4 is 11.9 Å². The van der Waals surface area contributed by atoms with Crippen LogP contribution >= 0.6 is 0 Å². The number of anilines is 1. The Labute approximate surface area is 73.4 Å². The monoisotopic (exact) mass is 186 g/mol. The lowest BCUT2D eigenvalue weighted by Crippen LogP contribution is -2.10. The second-order valence-electron chi connectivity index (χ2n) is 2.82. The molecule has 0 saturated heterocycles. The highest BCUT2D eigenvalue weighted by atomic mass is 19.2. The predicted molar refractivity (Wildman–Crippen MR) is 43.7 cm³/mol. The van der Waals surface area contributed by atoms with Crippen molar-refractivity contribution in [3.63, 3.8) is 0 Å². The number of nitrogens with one attached hydrogen (secondary N) is 1. The van der Waals surface area contributed by atoms with Crippen LogP contribution in [-0.4, -0.2) is 18.4 Å². The zero-order valence-electron chi connectivity index (χ0n) is 6.97. The summed E-state index contributed by atoms with van der Waals surface area (Å²) in [5.74, 6) is 0.0579. The molecule has 1 heterocycles. The summed E-state index contributed by atoms with van der Waals surface area (Å²) in [4.78, 5) is 0. The summed E-state index contributed by atoms with van der Waals surface area (Å²) in [6.07, 6.45) is -0.553. The number of aromatic nitrogens is 1. The van der Waals surface area contributed by atoms with E-state index in [0.717, 1.165) is 6.08 Å². The number of rotatable bonds is 1. The number of fused-ring (bicyclic) bond motifs is 1. The summed E-state index contributed by atoms with van der Waals surface area (Å²) < 4.78 is 30.5. The van der Waals surface area contributed by atoms with Crippen LogP contribution in [0.5, 0.6) is 0 Å². The van der Waals surface area contributed by atoms with Crippen LogP contribution in [0.25, 0.3) is 6.08 Å². The Morgan fingerprint density at radius 3 is 3.15 bits per heavy atom. The van der Waals surface area contributed by atoms with Gasteiger partial charge in [-0.3, -0.25) is 0 Å². The van der Waals surface area contributed by atoms with E-state index in [9.17, 15) is 8.78 Å². The highest BCUT2D eigenvalue weighted by molar-refractivity contribution is 5.67. The molecule has 1 aromatic heterocycles. The lowest BCUT2D eigenvalue weighted by molar-refractivity contribution is 0.289. The van der Waals surface area contributed by atoms with Gasteiger partial charge in [0.05, 0.1) is 5.56 Å². The van der Waals surface area contributed by atoms with Gasteiger partial charge in [0, 0.05) is 13.5 Å². The van der Waals surface area contributed by atoms with Crippen molar-refractivity contribution in [2.24, 2.45) is 0 Å². The van der Waals surface area contributed by atoms with Crippen LogP contribution in [0.3, 0.4) is 0 Å². The summed E-state index contributed by atoms with van der Waals surface area (Å²) in [5, 5.41) is 6.35. The van der Waals surface area contributed by atoms with Crippen molar-refractivity contribution in [1.29, 1.82) is 0 Å². The minimum absolute atomic E-state index is 0.0770. The molecule has 1 aliphatic rings. The van der Waals surface area contributed by atoms with Crippen molar-refractivity contribution in [3.05, 3.63) is 17.2 Å². The molecule has 1 atom stereocenters. The molecule has 1 unspecified atom stereocenters. The fourth-order valence-corrected chi connectivity index (χ4v) is 1.30. The molecule has 1 aromatic rings. The molecule has 1 N–H and O–H groups in total. The Bertz CT molecular complexity index is 359. The number of hydrogen-bond donors (Lipinski definition) is 1. The van der Waals surface area contributed by atoms with Crippen molar-refractivity contribution < 1.29 is 13.3 Å². The van der Waals surface area contributed by atoms with Gasteiger partial charge in [-0.25, -0.2) is 8.78 Å². The topological polar surface area (TPSA) is 38.1 Å². The average Bonchev–Trinajstić information content (AvgIpc) is 2.48. The summed E-state index contributed by atoms with van der Waals surface area (Å²) in [6.45, 7) is 0. The van der Waals surface area contributed by atoms with Crippen molar-refractivity contribution in [1.82, 2.24) is 5.16 Å². The molecule has 13 heavy (non-hydrogen) atoms. The zero-order valence-corrected chi connectivity index (χ0v) is 6.97. The van der Waals surface area contributed by atoms with E-state index in [1.807, 2.05) is 0 Å². The van der Waals surface area contributed by atoms with Crippen LogP contribution in [0, 0.1) is 0 Å². The van der Waals surface area contributed by atoms with E-state index in [2.05, 4.69) is 10.5 Å². The highest BCUT2D eigenvalue weighted by Crippen LogP contribution is 2.31. The van der Waals surface area contributed by atoms with Gasteiger partial charge in [0.1, 0.15) is 11.6 Å². The van der Waals surface area contributed by atoms with Crippen LogP contribution in [0.4, 0.5) is 14.6 Å². The molecule has 0 spiro atoms. The van der Waals surface area contributed by atoms with E-state index in [0.29, 0.717) is 17.1 Å². The maximum atomic E-state index is 12.8. The average molecular weight is 186 g/mol. The summed E-state index contributed by atoms with van der Waals surface area (Å²) in [6, 6.07) is 0. The molecular formula is C8H8F2N2O. The minimum Gasteiger partial charge on any atom is -0.370 e. The molecule has 0 radical (unpaired) electrons. The van der Waals surface area contributed by atoms with E-state index in [-0.39, 0.29) is 6.42 Å². The van der Waals surface area contributed by atoms with E-state index in [4.69, 9.17) is 4.52 Å². The van der Waals surface area contributed by atoms with Gasteiger partial charge in [-0.1, -0.05) is 5.16 Å². The molecular weight excluding hydrogens is 178 g/mol. The molecule has 0 bridgehead atoms. The number of hydrogen-bond acceptors (Lipinski definition) is 3. The number of nitrogens with zero attached hydrogens (tertiary/aromatic N) is 1. The molecule has 1 aliphatic carbocycles. The van der Waals surface area contributed by atoms with Gasteiger partial charge in [0.2, 0.25) is 0 Å². The first kappa shape index (κ1) is 8.22. The van der Waals surface area contributed by atoms with Crippen molar-refractivity contribution in [2.45, 2.75) is 12.6 Å². The molecule has 0 fully saturated rings. The van der Waals surface area contributed by atoms with Crippen molar-refractivity contribution in [3.8, 4) is 0 Å². The zero-order chi connectivity index (χ0) is 9.42. The quantitative estimate of drug-likeness (QED) is 0.728. The Balaban J connectivity index is 2.47. The molecule has 0 aliphatic heterocycles. The SMILES string of the molecule is CNc1noc2c1C=C(F)C(F)C2. The molecule has 3 nitrogen and oxygen atoms in total. The fourth-order valence-electron chi connectivity index (χ4n) is 1.30. The third-order valence-electron chi connectivity index (χ3n) is 1.99. The van der Waals surface area contributed by atoms with Crippen molar-refractivity contribution in [2.75, 3.05) is 12.4 Å². The van der Waals surface area contributed by atoms with E-state index < -0.39 is 12.0 Å². The van der Waals surface area contributed by atoms with Gasteiger partial charge in [0.25, 0.3) is 0 Å². The van der Waals surface area contributed by atoms with E-state index in [1.54, 1.807) is 7.05 Å². The summed E-state index contributed by atoms with van der Waals surface area (Å²) in [7, 11) is 1.64. The smallest absolute Gasteiger partial charge is 0.176 e. The lowest BCUT2D eigenvalue weighted by atomic mass is 10.0. The fraction of sp³-hybridized carbons (Fsp3) is 0.375. The first-order valence-electron chi connectivity index (χ1n) is 3.90. The van der Waals surface area contributed by atoms with Crippen LogP contribution in [0.1, 0.15) is 11.3 Å². The Kier molecular flexibility index (Phi) is 1.79. The van der Waals surface area contributed by atoms with Gasteiger partial charge in [-0.05, 0) is 6.08 Å². The second-order valence-corrected chi connectivity index (χ2v) is 2.82. The number of allylic oxidation sites excluding steroid dienone is 1. The Morgan fingerprint density at radius 1 is 1.69 bits per heavy atom. The molecule has 70 valence electrons. The summed E-state index contributed by atoms with van der Waals surface area (Å²) in [5.41, 5.74) is 0.508. The first-order valence-corrected chi connectivity index (χ1v) is 3.90. The summed E-state index contributed by atoms with van der Waals surface area (Å²) >= 11 is 0. The van der Waals surface area contributed by atoms with Gasteiger partial charge >= 0.3 is 0 Å². The van der Waals surface area contributed by atoms with Crippen LogP contribution in [0.2, 0.25) is 0 Å². The van der Waals surface area contributed by atoms with Crippen LogP contribution in [0.15, 0.2) is 10.3 Å². The van der Waals surface area contributed by atoms with E-state index in [1.165, 1.54) is 0 Å². The third kappa shape index (κ3) is 1.20.